The molecular weight excluding hydrogens is 202 g/mol. The zero-order valence-electron chi connectivity index (χ0n) is 9.61. The van der Waals surface area contributed by atoms with Gasteiger partial charge in [0.05, 0.1) is 6.07 Å². The highest BCUT2D eigenvalue weighted by Gasteiger charge is 2.28. The van der Waals surface area contributed by atoms with Crippen LogP contribution in [0, 0.1) is 23.2 Å². The third-order valence-corrected chi connectivity index (χ3v) is 3.68. The highest BCUT2D eigenvalue weighted by molar-refractivity contribution is 5.79. The van der Waals surface area contributed by atoms with Crippen molar-refractivity contribution in [2.75, 3.05) is 26.2 Å². The summed E-state index contributed by atoms with van der Waals surface area (Å²) >= 11 is 0. The average Bonchev–Trinajstić information content (AvgIpc) is 2.39. The molecule has 2 rings (SSSR count). The maximum Gasteiger partial charge on any atom is 0.225 e. The molecule has 0 saturated carbocycles. The summed E-state index contributed by atoms with van der Waals surface area (Å²) in [5, 5.41) is 12.1. The molecule has 0 aromatic carbocycles. The van der Waals surface area contributed by atoms with Crippen LogP contribution in [-0.2, 0) is 4.79 Å². The van der Waals surface area contributed by atoms with Gasteiger partial charge >= 0.3 is 0 Å². The molecule has 2 heterocycles. The second-order valence-electron chi connectivity index (χ2n) is 4.75. The summed E-state index contributed by atoms with van der Waals surface area (Å²) in [5.41, 5.74) is 0. The number of nitrogens with zero attached hydrogens (tertiary/aromatic N) is 2. The molecule has 0 bridgehead atoms. The van der Waals surface area contributed by atoms with Crippen molar-refractivity contribution in [3.05, 3.63) is 0 Å². The van der Waals surface area contributed by atoms with Crippen LogP contribution < -0.4 is 5.32 Å². The lowest BCUT2D eigenvalue weighted by Crippen LogP contribution is -2.44. The number of carbonyl (C=O) groups is 1. The van der Waals surface area contributed by atoms with Crippen LogP contribution in [0.15, 0.2) is 0 Å². The van der Waals surface area contributed by atoms with Gasteiger partial charge in [0, 0.05) is 24.9 Å². The number of piperidine rings is 2. The molecule has 0 atom stereocenters. The van der Waals surface area contributed by atoms with E-state index in [9.17, 15) is 4.79 Å². The number of hydrogen-bond acceptors (Lipinski definition) is 3. The number of nitrogens with one attached hydrogen (secondary N) is 1. The largest absolute Gasteiger partial charge is 0.342 e. The first-order valence-electron chi connectivity index (χ1n) is 6.20. The molecule has 0 aromatic heterocycles. The maximum absolute atomic E-state index is 12.2. The van der Waals surface area contributed by atoms with E-state index in [-0.39, 0.29) is 11.8 Å². The Kier molecular flexibility index (Phi) is 3.79. The zero-order valence-corrected chi connectivity index (χ0v) is 9.61. The second kappa shape index (κ2) is 5.31. The standard InChI is InChI=1S/C12H19N3O/c13-9-10-3-7-15(8-4-10)12(16)11-1-5-14-6-2-11/h10-11,14H,1-8H2. The lowest BCUT2D eigenvalue weighted by molar-refractivity contribution is -0.137. The number of nitriles is 1. The fourth-order valence-electron chi connectivity index (χ4n) is 2.56. The predicted molar refractivity (Wildman–Crippen MR) is 60.5 cm³/mol. The van der Waals surface area contributed by atoms with E-state index in [1.807, 2.05) is 4.90 Å². The molecule has 0 aliphatic carbocycles. The van der Waals surface area contributed by atoms with Crippen molar-refractivity contribution < 1.29 is 4.79 Å². The molecule has 2 aliphatic heterocycles. The van der Waals surface area contributed by atoms with Crippen molar-refractivity contribution in [2.24, 2.45) is 11.8 Å². The normalized spacial score (nSPS) is 24.1. The molecule has 16 heavy (non-hydrogen) atoms. The fourth-order valence-corrected chi connectivity index (χ4v) is 2.56. The Balaban J connectivity index is 1.84. The molecular formula is C12H19N3O. The molecule has 88 valence electrons. The van der Waals surface area contributed by atoms with Gasteiger partial charge in [-0.2, -0.15) is 5.26 Å². The average molecular weight is 221 g/mol. The van der Waals surface area contributed by atoms with Crippen molar-refractivity contribution in [1.82, 2.24) is 10.2 Å². The lowest BCUT2D eigenvalue weighted by Gasteiger charge is -2.33. The molecule has 2 saturated heterocycles. The molecule has 2 aliphatic rings. The molecule has 4 heteroatoms. The SMILES string of the molecule is N#CC1CCN(C(=O)C2CCNCC2)CC1. The van der Waals surface area contributed by atoms with E-state index in [1.54, 1.807) is 0 Å². The van der Waals surface area contributed by atoms with Crippen LogP contribution in [0.1, 0.15) is 25.7 Å². The number of carbonyl (C=O) groups excluding carboxylic acids is 1. The monoisotopic (exact) mass is 221 g/mol. The summed E-state index contributed by atoms with van der Waals surface area (Å²) in [7, 11) is 0. The summed E-state index contributed by atoms with van der Waals surface area (Å²) in [6.07, 6.45) is 3.65. The van der Waals surface area contributed by atoms with E-state index in [4.69, 9.17) is 5.26 Å². The molecule has 0 aromatic rings. The molecule has 1 amide bonds. The van der Waals surface area contributed by atoms with Gasteiger partial charge in [0.15, 0.2) is 0 Å². The number of likely N-dealkylation sites (tertiary alicyclic amines) is 1. The Morgan fingerprint density at radius 3 is 2.38 bits per heavy atom. The summed E-state index contributed by atoms with van der Waals surface area (Å²) in [5.74, 6) is 0.704. The van der Waals surface area contributed by atoms with Gasteiger partial charge in [0.2, 0.25) is 5.91 Å². The lowest BCUT2D eigenvalue weighted by atomic mass is 9.93. The predicted octanol–water partition coefficient (Wildman–Crippen LogP) is 0.748. The van der Waals surface area contributed by atoms with Crippen LogP contribution in [0.5, 0.6) is 0 Å². The first-order chi connectivity index (χ1) is 7.81. The highest BCUT2D eigenvalue weighted by Crippen LogP contribution is 2.21. The molecule has 2 fully saturated rings. The third-order valence-electron chi connectivity index (χ3n) is 3.68. The number of amides is 1. The molecule has 0 unspecified atom stereocenters. The van der Waals surface area contributed by atoms with Gasteiger partial charge in [-0.15, -0.1) is 0 Å². The summed E-state index contributed by atoms with van der Waals surface area (Å²) < 4.78 is 0. The minimum atomic E-state index is 0.164. The number of rotatable bonds is 1. The molecule has 0 spiro atoms. The minimum Gasteiger partial charge on any atom is -0.342 e. The van der Waals surface area contributed by atoms with Gasteiger partial charge in [-0.25, -0.2) is 0 Å². The zero-order chi connectivity index (χ0) is 11.4. The first kappa shape index (κ1) is 11.4. The van der Waals surface area contributed by atoms with Crippen molar-refractivity contribution in [3.63, 3.8) is 0 Å². The Morgan fingerprint density at radius 1 is 1.19 bits per heavy atom. The molecule has 4 nitrogen and oxygen atoms in total. The van der Waals surface area contributed by atoms with Crippen LogP contribution >= 0.6 is 0 Å². The first-order valence-corrected chi connectivity index (χ1v) is 6.20. The van der Waals surface area contributed by atoms with Crippen LogP contribution in [0.25, 0.3) is 0 Å². The van der Waals surface area contributed by atoms with E-state index in [0.29, 0.717) is 5.91 Å². The van der Waals surface area contributed by atoms with Crippen molar-refractivity contribution >= 4 is 5.91 Å². The van der Waals surface area contributed by atoms with Crippen molar-refractivity contribution in [3.8, 4) is 6.07 Å². The Bertz CT molecular complexity index is 283. The van der Waals surface area contributed by atoms with E-state index in [2.05, 4.69) is 11.4 Å². The Morgan fingerprint density at radius 2 is 1.81 bits per heavy atom. The summed E-state index contributed by atoms with van der Waals surface area (Å²) in [4.78, 5) is 14.1. The minimum absolute atomic E-state index is 0.164. The molecule has 1 N–H and O–H groups in total. The fraction of sp³-hybridized carbons (Fsp3) is 0.833. The van der Waals surface area contributed by atoms with Crippen molar-refractivity contribution in [2.45, 2.75) is 25.7 Å². The van der Waals surface area contributed by atoms with Gasteiger partial charge in [-0.3, -0.25) is 4.79 Å². The summed E-state index contributed by atoms with van der Waals surface area (Å²) in [6.45, 7) is 3.48. The second-order valence-corrected chi connectivity index (χ2v) is 4.75. The van der Waals surface area contributed by atoms with Gasteiger partial charge in [-0.1, -0.05) is 0 Å². The third kappa shape index (κ3) is 2.53. The number of hydrogen-bond donors (Lipinski definition) is 1. The van der Waals surface area contributed by atoms with Gasteiger partial charge in [0.25, 0.3) is 0 Å². The van der Waals surface area contributed by atoms with Gasteiger partial charge in [-0.05, 0) is 38.8 Å². The van der Waals surface area contributed by atoms with Crippen LogP contribution in [0.2, 0.25) is 0 Å². The smallest absolute Gasteiger partial charge is 0.225 e. The Hall–Kier alpha value is -1.08. The van der Waals surface area contributed by atoms with E-state index in [1.165, 1.54) is 0 Å². The van der Waals surface area contributed by atoms with E-state index in [0.717, 1.165) is 51.9 Å². The van der Waals surface area contributed by atoms with Crippen LogP contribution in [0.3, 0.4) is 0 Å². The summed E-state index contributed by atoms with van der Waals surface area (Å²) in [6, 6.07) is 2.29. The quantitative estimate of drug-likeness (QED) is 0.711. The topological polar surface area (TPSA) is 56.1 Å². The van der Waals surface area contributed by atoms with Crippen LogP contribution in [0.4, 0.5) is 0 Å². The van der Waals surface area contributed by atoms with Gasteiger partial charge < -0.3 is 10.2 Å². The van der Waals surface area contributed by atoms with Crippen molar-refractivity contribution in [1.29, 1.82) is 5.26 Å². The van der Waals surface area contributed by atoms with Crippen LogP contribution in [-0.4, -0.2) is 37.0 Å². The van der Waals surface area contributed by atoms with E-state index >= 15 is 0 Å². The highest BCUT2D eigenvalue weighted by atomic mass is 16.2. The molecule has 0 radical (unpaired) electrons. The van der Waals surface area contributed by atoms with E-state index < -0.39 is 0 Å². The Labute approximate surface area is 96.6 Å². The maximum atomic E-state index is 12.2. The van der Waals surface area contributed by atoms with Gasteiger partial charge in [0.1, 0.15) is 0 Å².